The lowest BCUT2D eigenvalue weighted by atomic mass is 10.2. The van der Waals surface area contributed by atoms with Crippen molar-refractivity contribution >= 4 is 22.9 Å². The Bertz CT molecular complexity index is 971. The van der Waals surface area contributed by atoms with Crippen LogP contribution in [0.1, 0.15) is 26.0 Å². The van der Waals surface area contributed by atoms with Gasteiger partial charge in [-0.1, -0.05) is 6.92 Å². The highest BCUT2D eigenvalue weighted by molar-refractivity contribution is 5.90. The average molecular weight is 370 g/mol. The highest BCUT2D eigenvalue weighted by atomic mass is 16.2. The lowest BCUT2D eigenvalue weighted by molar-refractivity contribution is -0.129. The lowest BCUT2D eigenvalue weighted by Gasteiger charge is -2.20. The minimum absolute atomic E-state index is 0.000448. The van der Waals surface area contributed by atoms with Gasteiger partial charge in [0.25, 0.3) is 0 Å². The molecule has 0 saturated heterocycles. The van der Waals surface area contributed by atoms with Gasteiger partial charge in [0.1, 0.15) is 18.2 Å². The van der Waals surface area contributed by atoms with Crippen LogP contribution in [0.25, 0.3) is 22.6 Å². The molecule has 1 amide bonds. The van der Waals surface area contributed by atoms with Crippen LogP contribution < -0.4 is 5.32 Å². The van der Waals surface area contributed by atoms with E-state index in [1.807, 2.05) is 36.3 Å². The summed E-state index contributed by atoms with van der Waals surface area (Å²) in [5.74, 6) is 1.34. The third-order valence-electron chi connectivity index (χ3n) is 4.76. The number of nitrogens with zero attached hydrogens (tertiary/aromatic N) is 7. The van der Waals surface area contributed by atoms with Crippen molar-refractivity contribution in [3.05, 3.63) is 18.2 Å². The number of rotatable bonds is 6. The van der Waals surface area contributed by atoms with E-state index >= 15 is 0 Å². The standard InChI is InChI=1S/C18H26N8O/c1-7-13(18(27)24(4)5)22-15-14-17(20-10-19-15)25(6)16(23-14)12-9-21-26(8-2)11(12)3/h9-10,13H,7-8H2,1-6H3,(H,19,20,22)/t13-/m0/s1. The van der Waals surface area contributed by atoms with Crippen molar-refractivity contribution in [2.45, 2.75) is 39.8 Å². The maximum atomic E-state index is 12.4. The van der Waals surface area contributed by atoms with Crippen LogP contribution in [0.15, 0.2) is 12.5 Å². The third-order valence-corrected chi connectivity index (χ3v) is 4.76. The van der Waals surface area contributed by atoms with Gasteiger partial charge in [0.2, 0.25) is 5.91 Å². The molecule has 0 spiro atoms. The van der Waals surface area contributed by atoms with Crippen molar-refractivity contribution in [2.75, 3.05) is 19.4 Å². The number of imidazole rings is 1. The van der Waals surface area contributed by atoms with Crippen LogP contribution in [-0.4, -0.2) is 60.2 Å². The summed E-state index contributed by atoms with van der Waals surface area (Å²) in [5.41, 5.74) is 3.36. The van der Waals surface area contributed by atoms with Crippen LogP contribution >= 0.6 is 0 Å². The van der Waals surface area contributed by atoms with E-state index in [0.29, 0.717) is 23.4 Å². The van der Waals surface area contributed by atoms with Crippen molar-refractivity contribution in [3.63, 3.8) is 0 Å². The number of carbonyl (C=O) groups excluding carboxylic acids is 1. The van der Waals surface area contributed by atoms with Crippen molar-refractivity contribution in [1.82, 2.24) is 34.2 Å². The number of nitrogens with one attached hydrogen (secondary N) is 1. The van der Waals surface area contributed by atoms with Gasteiger partial charge in [0, 0.05) is 33.4 Å². The molecule has 3 rings (SSSR count). The van der Waals surface area contributed by atoms with Crippen molar-refractivity contribution < 1.29 is 4.79 Å². The molecule has 9 nitrogen and oxygen atoms in total. The summed E-state index contributed by atoms with van der Waals surface area (Å²) in [5, 5.41) is 7.65. The Morgan fingerprint density at radius 3 is 2.63 bits per heavy atom. The molecule has 0 radical (unpaired) electrons. The molecule has 1 atom stereocenters. The molecule has 27 heavy (non-hydrogen) atoms. The number of hydrogen-bond acceptors (Lipinski definition) is 6. The third kappa shape index (κ3) is 3.24. The van der Waals surface area contributed by atoms with Crippen LogP contribution in [0, 0.1) is 6.92 Å². The Kier molecular flexibility index (Phi) is 5.11. The molecule has 0 aliphatic carbocycles. The second kappa shape index (κ2) is 7.34. The normalized spacial score (nSPS) is 12.4. The van der Waals surface area contributed by atoms with E-state index in [1.165, 1.54) is 6.33 Å². The van der Waals surface area contributed by atoms with E-state index in [4.69, 9.17) is 4.98 Å². The summed E-state index contributed by atoms with van der Waals surface area (Å²) in [6.45, 7) is 6.84. The zero-order chi connectivity index (χ0) is 19.7. The summed E-state index contributed by atoms with van der Waals surface area (Å²) < 4.78 is 3.86. The minimum Gasteiger partial charge on any atom is -0.356 e. The summed E-state index contributed by atoms with van der Waals surface area (Å²) in [7, 11) is 5.41. The number of amides is 1. The summed E-state index contributed by atoms with van der Waals surface area (Å²) in [6, 6.07) is -0.367. The zero-order valence-corrected chi connectivity index (χ0v) is 16.7. The van der Waals surface area contributed by atoms with E-state index in [0.717, 1.165) is 23.6 Å². The molecule has 3 aromatic heterocycles. The molecule has 9 heteroatoms. The molecule has 0 fully saturated rings. The van der Waals surface area contributed by atoms with E-state index in [9.17, 15) is 4.79 Å². The van der Waals surface area contributed by atoms with Gasteiger partial charge >= 0.3 is 0 Å². The Morgan fingerprint density at radius 2 is 2.04 bits per heavy atom. The molecule has 0 aliphatic heterocycles. The van der Waals surface area contributed by atoms with Crippen molar-refractivity contribution in [1.29, 1.82) is 0 Å². The fourth-order valence-corrected chi connectivity index (χ4v) is 3.15. The van der Waals surface area contributed by atoms with Crippen molar-refractivity contribution in [2.24, 2.45) is 7.05 Å². The summed E-state index contributed by atoms with van der Waals surface area (Å²) in [4.78, 5) is 27.4. The maximum Gasteiger partial charge on any atom is 0.244 e. The second-order valence-corrected chi connectivity index (χ2v) is 6.69. The molecule has 3 heterocycles. The Hall–Kier alpha value is -2.97. The number of carbonyl (C=O) groups is 1. The average Bonchev–Trinajstić information content (AvgIpc) is 3.19. The molecule has 0 aliphatic rings. The predicted octanol–water partition coefficient (Wildman–Crippen LogP) is 1.83. The number of fused-ring (bicyclic) bond motifs is 1. The summed E-state index contributed by atoms with van der Waals surface area (Å²) in [6.07, 6.45) is 3.96. The predicted molar refractivity (Wildman–Crippen MR) is 104 cm³/mol. The van der Waals surface area contributed by atoms with Gasteiger partial charge in [-0.15, -0.1) is 0 Å². The first-order chi connectivity index (χ1) is 12.9. The smallest absolute Gasteiger partial charge is 0.244 e. The highest BCUT2D eigenvalue weighted by Crippen LogP contribution is 2.28. The fourth-order valence-electron chi connectivity index (χ4n) is 3.15. The monoisotopic (exact) mass is 370 g/mol. The Balaban J connectivity index is 2.07. The van der Waals surface area contributed by atoms with Gasteiger partial charge in [0.15, 0.2) is 17.0 Å². The van der Waals surface area contributed by atoms with Gasteiger partial charge in [-0.2, -0.15) is 5.10 Å². The number of aryl methyl sites for hydroxylation is 2. The molecule has 144 valence electrons. The topological polar surface area (TPSA) is 93.8 Å². The minimum atomic E-state index is -0.367. The van der Waals surface area contributed by atoms with Crippen LogP contribution in [0.2, 0.25) is 0 Å². The van der Waals surface area contributed by atoms with Gasteiger partial charge in [-0.25, -0.2) is 15.0 Å². The molecule has 0 unspecified atom stereocenters. The molecule has 0 aromatic carbocycles. The van der Waals surface area contributed by atoms with Crippen LogP contribution in [0.3, 0.4) is 0 Å². The molecule has 0 saturated carbocycles. The molecule has 3 aromatic rings. The molecule has 1 N–H and O–H groups in total. The van der Waals surface area contributed by atoms with Gasteiger partial charge in [-0.3, -0.25) is 9.48 Å². The summed E-state index contributed by atoms with van der Waals surface area (Å²) >= 11 is 0. The van der Waals surface area contributed by atoms with E-state index in [2.05, 4.69) is 27.3 Å². The van der Waals surface area contributed by atoms with Crippen molar-refractivity contribution in [3.8, 4) is 11.4 Å². The number of anilines is 1. The van der Waals surface area contributed by atoms with Gasteiger partial charge < -0.3 is 14.8 Å². The van der Waals surface area contributed by atoms with E-state index in [1.54, 1.807) is 19.0 Å². The Morgan fingerprint density at radius 1 is 1.30 bits per heavy atom. The maximum absolute atomic E-state index is 12.4. The largest absolute Gasteiger partial charge is 0.356 e. The highest BCUT2D eigenvalue weighted by Gasteiger charge is 2.22. The first-order valence-electron chi connectivity index (χ1n) is 9.06. The van der Waals surface area contributed by atoms with Gasteiger partial charge in [-0.05, 0) is 20.3 Å². The van der Waals surface area contributed by atoms with Crippen LogP contribution in [-0.2, 0) is 18.4 Å². The zero-order valence-electron chi connectivity index (χ0n) is 16.7. The Labute approximate surface area is 158 Å². The lowest BCUT2D eigenvalue weighted by Crippen LogP contribution is -2.38. The first-order valence-corrected chi connectivity index (χ1v) is 9.06. The SMILES string of the molecule is CC[C@H](Nc1ncnc2c1nc(-c1cnn(CC)c1C)n2C)C(=O)N(C)C. The van der Waals surface area contributed by atoms with E-state index < -0.39 is 0 Å². The first kappa shape index (κ1) is 18.8. The number of aromatic nitrogens is 6. The van der Waals surface area contributed by atoms with Crippen LogP contribution in [0.5, 0.6) is 0 Å². The molecular formula is C18H26N8O. The second-order valence-electron chi connectivity index (χ2n) is 6.69. The van der Waals surface area contributed by atoms with E-state index in [-0.39, 0.29) is 11.9 Å². The molecular weight excluding hydrogens is 344 g/mol. The van der Waals surface area contributed by atoms with Crippen LogP contribution in [0.4, 0.5) is 5.82 Å². The molecule has 0 bridgehead atoms. The van der Waals surface area contributed by atoms with Gasteiger partial charge in [0.05, 0.1) is 11.8 Å². The number of hydrogen-bond donors (Lipinski definition) is 1. The number of likely N-dealkylation sites (N-methyl/N-ethyl adjacent to an activating group) is 1. The fraction of sp³-hybridized carbons (Fsp3) is 0.500. The quantitative estimate of drug-likeness (QED) is 0.711.